The van der Waals surface area contributed by atoms with Crippen molar-refractivity contribution < 1.29 is 19.4 Å². The third-order valence-corrected chi connectivity index (χ3v) is 3.25. The molecule has 0 aromatic heterocycles. The molecule has 6 nitrogen and oxygen atoms in total. The molecule has 0 fully saturated rings. The predicted octanol–water partition coefficient (Wildman–Crippen LogP) is 0.187. The molecule has 1 unspecified atom stereocenters. The highest BCUT2D eigenvalue weighted by molar-refractivity contribution is 9.10. The molecular weight excluding hydrogens is 328 g/mol. The number of halogens is 1. The van der Waals surface area contributed by atoms with Crippen LogP contribution >= 0.6 is 15.9 Å². The van der Waals surface area contributed by atoms with Gasteiger partial charge < -0.3 is 20.9 Å². The Morgan fingerprint density at radius 1 is 1.50 bits per heavy atom. The normalized spacial score (nSPS) is 14.6. The molecule has 1 aliphatic rings. The summed E-state index contributed by atoms with van der Waals surface area (Å²) in [6.45, 7) is -0.0933. The van der Waals surface area contributed by atoms with Crippen molar-refractivity contribution in [3.05, 3.63) is 33.8 Å². The summed E-state index contributed by atoms with van der Waals surface area (Å²) < 4.78 is 6.34. The number of rotatable bonds is 4. The Bertz CT molecular complexity index is 586. The van der Waals surface area contributed by atoms with E-state index in [2.05, 4.69) is 21.2 Å². The van der Waals surface area contributed by atoms with E-state index < -0.39 is 17.9 Å². The molecule has 0 bridgehead atoms. The second-order valence-electron chi connectivity index (χ2n) is 4.27. The molecule has 0 spiro atoms. The van der Waals surface area contributed by atoms with Gasteiger partial charge in [-0.2, -0.15) is 0 Å². The fourth-order valence-electron chi connectivity index (χ4n) is 1.68. The van der Waals surface area contributed by atoms with Crippen LogP contribution in [0.25, 0.3) is 6.08 Å². The Kier molecular flexibility index (Phi) is 4.41. The minimum Gasteiger partial charge on any atom is -0.488 e. The van der Waals surface area contributed by atoms with Crippen LogP contribution in [-0.2, 0) is 9.59 Å². The monoisotopic (exact) mass is 340 g/mol. The van der Waals surface area contributed by atoms with E-state index in [4.69, 9.17) is 10.5 Å². The van der Waals surface area contributed by atoms with Gasteiger partial charge in [-0.25, -0.2) is 0 Å². The lowest BCUT2D eigenvalue weighted by Gasteiger charge is -2.18. The molecule has 20 heavy (non-hydrogen) atoms. The summed E-state index contributed by atoms with van der Waals surface area (Å²) in [4.78, 5) is 22.6. The Morgan fingerprint density at radius 3 is 2.95 bits per heavy atom. The Hall–Kier alpha value is -1.86. The number of hydrogen-bond acceptors (Lipinski definition) is 4. The highest BCUT2D eigenvalue weighted by Gasteiger charge is 2.19. The van der Waals surface area contributed by atoms with Crippen molar-refractivity contribution in [1.82, 2.24) is 5.32 Å². The van der Waals surface area contributed by atoms with Crippen molar-refractivity contribution in [2.45, 2.75) is 6.10 Å². The highest BCUT2D eigenvalue weighted by atomic mass is 79.9. The number of hydrogen-bond donors (Lipinski definition) is 3. The summed E-state index contributed by atoms with van der Waals surface area (Å²) in [5, 5.41) is 11.7. The van der Waals surface area contributed by atoms with Crippen LogP contribution in [0.1, 0.15) is 5.56 Å². The van der Waals surface area contributed by atoms with E-state index in [1.165, 1.54) is 0 Å². The molecule has 2 rings (SSSR count). The van der Waals surface area contributed by atoms with Crippen LogP contribution in [0.2, 0.25) is 0 Å². The molecule has 4 N–H and O–H groups in total. The molecule has 0 saturated carbocycles. The van der Waals surface area contributed by atoms with Crippen molar-refractivity contribution >= 4 is 33.8 Å². The van der Waals surface area contributed by atoms with Gasteiger partial charge in [-0.15, -0.1) is 0 Å². The number of amides is 2. The van der Waals surface area contributed by atoms with E-state index in [1.54, 1.807) is 12.1 Å². The maximum Gasteiger partial charge on any atom is 0.250 e. The minimum atomic E-state index is -1.40. The Morgan fingerprint density at radius 2 is 2.25 bits per heavy atom. The zero-order chi connectivity index (χ0) is 14.7. The van der Waals surface area contributed by atoms with E-state index in [0.29, 0.717) is 11.3 Å². The van der Waals surface area contributed by atoms with E-state index in [1.807, 2.05) is 12.1 Å². The van der Waals surface area contributed by atoms with Crippen LogP contribution < -0.4 is 15.8 Å². The summed E-state index contributed by atoms with van der Waals surface area (Å²) in [6, 6.07) is 5.49. The number of ether oxygens (including phenoxy) is 1. The quantitative estimate of drug-likeness (QED) is 0.727. The van der Waals surface area contributed by atoms with Gasteiger partial charge in [0.1, 0.15) is 18.5 Å². The molecule has 1 aliphatic heterocycles. The standard InChI is InChI=1S/C13H13BrN2O4/c14-9-1-2-11-7(4-9)3-8(6-20-11)13(19)16-5-10(17)12(15)18/h1-4,10,17H,5-6H2,(H2,15,18)(H,16,19). The van der Waals surface area contributed by atoms with Crippen molar-refractivity contribution in [1.29, 1.82) is 0 Å². The van der Waals surface area contributed by atoms with Gasteiger partial charge in [-0.3, -0.25) is 9.59 Å². The summed E-state index contributed by atoms with van der Waals surface area (Å²) in [5.41, 5.74) is 6.09. The summed E-state index contributed by atoms with van der Waals surface area (Å²) in [7, 11) is 0. The SMILES string of the molecule is NC(=O)C(O)CNC(=O)C1=Cc2cc(Br)ccc2OC1. The fourth-order valence-corrected chi connectivity index (χ4v) is 2.06. The van der Waals surface area contributed by atoms with Crippen LogP contribution in [0.3, 0.4) is 0 Å². The number of nitrogens with two attached hydrogens (primary N) is 1. The molecule has 1 aromatic carbocycles. The van der Waals surface area contributed by atoms with Gasteiger partial charge in [-0.05, 0) is 24.3 Å². The summed E-state index contributed by atoms with van der Waals surface area (Å²) in [6.07, 6.45) is 0.306. The van der Waals surface area contributed by atoms with Crippen LogP contribution in [0, 0.1) is 0 Å². The van der Waals surface area contributed by atoms with Crippen molar-refractivity contribution in [2.75, 3.05) is 13.2 Å². The molecule has 106 valence electrons. The lowest BCUT2D eigenvalue weighted by Crippen LogP contribution is -2.41. The number of carbonyl (C=O) groups is 2. The first kappa shape index (κ1) is 14.5. The number of nitrogens with one attached hydrogen (secondary N) is 1. The Labute approximate surface area is 123 Å². The summed E-state index contributed by atoms with van der Waals surface area (Å²) >= 11 is 3.34. The van der Waals surface area contributed by atoms with Gasteiger partial charge >= 0.3 is 0 Å². The lowest BCUT2D eigenvalue weighted by atomic mass is 10.1. The van der Waals surface area contributed by atoms with Gasteiger partial charge in [0, 0.05) is 10.0 Å². The largest absolute Gasteiger partial charge is 0.488 e. The third kappa shape index (κ3) is 3.37. The lowest BCUT2D eigenvalue weighted by molar-refractivity contribution is -0.126. The maximum atomic E-state index is 11.9. The second kappa shape index (κ2) is 6.06. The van der Waals surface area contributed by atoms with Gasteiger partial charge in [0.2, 0.25) is 5.91 Å². The highest BCUT2D eigenvalue weighted by Crippen LogP contribution is 2.29. The van der Waals surface area contributed by atoms with Crippen molar-refractivity contribution in [2.24, 2.45) is 5.73 Å². The smallest absolute Gasteiger partial charge is 0.250 e. The molecule has 0 radical (unpaired) electrons. The maximum absolute atomic E-state index is 11.9. The predicted molar refractivity (Wildman–Crippen MR) is 75.8 cm³/mol. The van der Waals surface area contributed by atoms with E-state index in [0.717, 1.165) is 10.0 Å². The zero-order valence-electron chi connectivity index (χ0n) is 10.4. The molecular formula is C13H13BrN2O4. The molecule has 1 heterocycles. The van der Waals surface area contributed by atoms with Crippen molar-refractivity contribution in [3.8, 4) is 5.75 Å². The molecule has 0 aliphatic carbocycles. The number of carbonyl (C=O) groups excluding carboxylic acids is 2. The van der Waals surface area contributed by atoms with Crippen LogP contribution in [0.5, 0.6) is 5.75 Å². The number of benzene rings is 1. The topological polar surface area (TPSA) is 102 Å². The first-order valence-electron chi connectivity index (χ1n) is 5.86. The number of fused-ring (bicyclic) bond motifs is 1. The van der Waals surface area contributed by atoms with E-state index in [-0.39, 0.29) is 13.2 Å². The van der Waals surface area contributed by atoms with Crippen LogP contribution in [-0.4, -0.2) is 36.2 Å². The van der Waals surface area contributed by atoms with Gasteiger partial charge in [-0.1, -0.05) is 15.9 Å². The number of aliphatic hydroxyl groups excluding tert-OH is 1. The van der Waals surface area contributed by atoms with Crippen molar-refractivity contribution in [3.63, 3.8) is 0 Å². The zero-order valence-corrected chi connectivity index (χ0v) is 12.0. The van der Waals surface area contributed by atoms with Gasteiger partial charge in [0.15, 0.2) is 0 Å². The van der Waals surface area contributed by atoms with Crippen LogP contribution in [0.4, 0.5) is 0 Å². The average Bonchev–Trinajstić information content (AvgIpc) is 2.43. The Balaban J connectivity index is 2.06. The number of primary amides is 1. The first-order valence-corrected chi connectivity index (χ1v) is 6.65. The van der Waals surface area contributed by atoms with Crippen LogP contribution in [0.15, 0.2) is 28.2 Å². The van der Waals surface area contributed by atoms with E-state index in [9.17, 15) is 14.7 Å². The minimum absolute atomic E-state index is 0.132. The third-order valence-electron chi connectivity index (χ3n) is 2.76. The number of aliphatic hydroxyl groups is 1. The van der Waals surface area contributed by atoms with Gasteiger partial charge in [0.25, 0.3) is 5.91 Å². The first-order chi connectivity index (χ1) is 9.47. The molecule has 2 amide bonds. The van der Waals surface area contributed by atoms with Gasteiger partial charge in [0.05, 0.1) is 12.1 Å². The summed E-state index contributed by atoms with van der Waals surface area (Å²) in [5.74, 6) is -0.591. The molecule has 1 atom stereocenters. The second-order valence-corrected chi connectivity index (χ2v) is 5.18. The molecule has 7 heteroatoms. The molecule has 0 saturated heterocycles. The average molecular weight is 341 g/mol. The van der Waals surface area contributed by atoms with E-state index >= 15 is 0 Å². The fraction of sp³-hybridized carbons (Fsp3) is 0.231. The molecule has 1 aromatic rings.